The molecule has 1 aromatic heterocycles. The second kappa shape index (κ2) is 10.2. The van der Waals surface area contributed by atoms with Crippen LogP contribution in [0.1, 0.15) is 73.1 Å². The number of aromatic nitrogens is 1. The van der Waals surface area contributed by atoms with Crippen LogP contribution < -0.4 is 0 Å². The summed E-state index contributed by atoms with van der Waals surface area (Å²) in [5.41, 5.74) is 1.97. The first-order chi connectivity index (χ1) is 13.0. The largest absolute Gasteiger partial charge is 0.461 e. The average Bonchev–Trinajstić information content (AvgIpc) is 2.88. The van der Waals surface area contributed by atoms with E-state index in [9.17, 15) is 18.0 Å². The molecule has 1 rings (SSSR count). The summed E-state index contributed by atoms with van der Waals surface area (Å²) in [6.07, 6.45) is 0.675. The zero-order valence-electron chi connectivity index (χ0n) is 18.2. The van der Waals surface area contributed by atoms with Crippen LogP contribution in [0.3, 0.4) is 0 Å². The Morgan fingerprint density at radius 1 is 1.14 bits per heavy atom. The van der Waals surface area contributed by atoms with Gasteiger partial charge in [-0.1, -0.05) is 13.8 Å². The maximum absolute atomic E-state index is 13.1. The molecule has 160 valence electrons. The lowest BCUT2D eigenvalue weighted by Crippen LogP contribution is -2.38. The number of nitrogens with zero attached hydrogens (tertiary/aromatic N) is 2. The highest BCUT2D eigenvalue weighted by molar-refractivity contribution is 7.89. The normalized spacial score (nSPS) is 12.0. The molecule has 0 aliphatic rings. The van der Waals surface area contributed by atoms with Crippen molar-refractivity contribution in [3.63, 3.8) is 0 Å². The molecular formula is C20H34N2O5S. The molecule has 0 aromatic carbocycles. The van der Waals surface area contributed by atoms with Gasteiger partial charge in [-0.25, -0.2) is 13.2 Å². The van der Waals surface area contributed by atoms with Crippen molar-refractivity contribution in [2.75, 3.05) is 25.4 Å². The van der Waals surface area contributed by atoms with Crippen LogP contribution in [0.5, 0.6) is 0 Å². The number of Topliss-reactive ketones (excluding diaryl/α,β-unsaturated/α-hetero) is 1. The van der Waals surface area contributed by atoms with Crippen LogP contribution in [0.25, 0.3) is 0 Å². The zero-order chi connectivity index (χ0) is 21.6. The second-order valence-corrected chi connectivity index (χ2v) is 9.50. The van der Waals surface area contributed by atoms with Gasteiger partial charge in [0.2, 0.25) is 10.0 Å². The highest BCUT2D eigenvalue weighted by atomic mass is 32.2. The molecule has 0 amide bonds. The van der Waals surface area contributed by atoms with Crippen molar-refractivity contribution in [1.29, 1.82) is 0 Å². The Kier molecular flexibility index (Phi) is 8.88. The van der Waals surface area contributed by atoms with Gasteiger partial charge in [0.15, 0.2) is 5.78 Å². The van der Waals surface area contributed by atoms with Crippen molar-refractivity contribution in [2.45, 2.75) is 61.4 Å². The molecule has 0 bridgehead atoms. The number of hydrogen-bond acceptors (Lipinski definition) is 5. The first-order valence-electron chi connectivity index (χ1n) is 9.89. The van der Waals surface area contributed by atoms with Crippen molar-refractivity contribution >= 4 is 21.8 Å². The molecule has 0 unspecified atom stereocenters. The Morgan fingerprint density at radius 2 is 1.75 bits per heavy atom. The number of esters is 1. The van der Waals surface area contributed by atoms with Crippen LogP contribution in [0.2, 0.25) is 0 Å². The number of rotatable bonds is 11. The summed E-state index contributed by atoms with van der Waals surface area (Å²) in [5.74, 6) is -0.500. The minimum Gasteiger partial charge on any atom is -0.461 e. The summed E-state index contributed by atoms with van der Waals surface area (Å²) in [5, 5.41) is 0. The molecule has 0 fully saturated rings. The third kappa shape index (κ3) is 5.44. The zero-order valence-corrected chi connectivity index (χ0v) is 19.0. The molecule has 0 aliphatic carbocycles. The van der Waals surface area contributed by atoms with E-state index >= 15 is 0 Å². The van der Waals surface area contributed by atoms with Crippen LogP contribution in [-0.2, 0) is 21.3 Å². The molecule has 0 atom stereocenters. The van der Waals surface area contributed by atoms with Crippen LogP contribution >= 0.6 is 0 Å². The van der Waals surface area contributed by atoms with Gasteiger partial charge in [-0.15, -0.1) is 0 Å². The van der Waals surface area contributed by atoms with Gasteiger partial charge in [-0.2, -0.15) is 4.31 Å². The summed E-state index contributed by atoms with van der Waals surface area (Å²) in [6.45, 7) is 13.5. The molecular weight excluding hydrogens is 380 g/mol. The van der Waals surface area contributed by atoms with Crippen LogP contribution in [-0.4, -0.2) is 54.5 Å². The molecule has 8 heteroatoms. The predicted molar refractivity (Wildman–Crippen MR) is 110 cm³/mol. The molecule has 0 aliphatic heterocycles. The van der Waals surface area contributed by atoms with E-state index in [-0.39, 0.29) is 24.7 Å². The van der Waals surface area contributed by atoms with E-state index in [4.69, 9.17) is 4.74 Å². The molecule has 0 radical (unpaired) electrons. The Balaban J connectivity index is 3.31. The average molecular weight is 415 g/mol. The van der Waals surface area contributed by atoms with Crippen molar-refractivity contribution in [3.8, 4) is 0 Å². The lowest BCUT2D eigenvalue weighted by Gasteiger charge is -2.22. The molecule has 28 heavy (non-hydrogen) atoms. The summed E-state index contributed by atoms with van der Waals surface area (Å²) in [7, 11) is -3.50. The van der Waals surface area contributed by atoms with Gasteiger partial charge in [0, 0.05) is 24.3 Å². The van der Waals surface area contributed by atoms with Crippen molar-refractivity contribution in [3.05, 3.63) is 22.5 Å². The monoisotopic (exact) mass is 414 g/mol. The quantitative estimate of drug-likeness (QED) is 0.410. The molecule has 0 saturated heterocycles. The van der Waals surface area contributed by atoms with Crippen molar-refractivity contribution in [1.82, 2.24) is 8.87 Å². The molecule has 1 heterocycles. The molecule has 1 aromatic rings. The first-order valence-corrected chi connectivity index (χ1v) is 11.5. The van der Waals surface area contributed by atoms with Gasteiger partial charge in [0.25, 0.3) is 0 Å². The molecule has 7 nitrogen and oxygen atoms in total. The van der Waals surface area contributed by atoms with Gasteiger partial charge in [-0.3, -0.25) is 4.79 Å². The van der Waals surface area contributed by atoms with Gasteiger partial charge in [0.05, 0.1) is 18.9 Å². The van der Waals surface area contributed by atoms with E-state index in [0.717, 1.165) is 0 Å². The maximum atomic E-state index is 13.1. The number of sulfonamides is 1. The van der Waals surface area contributed by atoms with Crippen LogP contribution in [0.4, 0.5) is 0 Å². The van der Waals surface area contributed by atoms with Crippen molar-refractivity contribution in [2.24, 2.45) is 5.92 Å². The Hall–Kier alpha value is -1.67. The van der Waals surface area contributed by atoms with Crippen LogP contribution in [0, 0.1) is 19.8 Å². The number of hydrogen-bond donors (Lipinski definition) is 0. The van der Waals surface area contributed by atoms with E-state index in [1.54, 1.807) is 32.3 Å². The highest BCUT2D eigenvalue weighted by Gasteiger charge is 2.30. The van der Waals surface area contributed by atoms with E-state index in [2.05, 4.69) is 0 Å². The maximum Gasteiger partial charge on any atom is 0.355 e. The fraction of sp³-hybridized carbons (Fsp3) is 0.700. The third-order valence-corrected chi connectivity index (χ3v) is 6.69. The third-order valence-electron chi connectivity index (χ3n) is 4.86. The van der Waals surface area contributed by atoms with E-state index < -0.39 is 16.0 Å². The Labute approximate surface area is 169 Å². The predicted octanol–water partition coefficient (Wildman–Crippen LogP) is 3.18. The standard InChI is InChI=1S/C20H34N2O5S/c1-8-22-16(7)18(15(6)19(22)20(24)27-9-2)17(23)13-21(12-11-14(4)5)28(25,26)10-3/h14H,8-13H2,1-7H3. The summed E-state index contributed by atoms with van der Waals surface area (Å²) >= 11 is 0. The molecule has 0 N–H and O–H groups in total. The Bertz CT molecular complexity index is 809. The fourth-order valence-corrected chi connectivity index (χ4v) is 4.37. The SMILES string of the molecule is CCOC(=O)c1c(C)c(C(=O)CN(CCC(C)C)S(=O)(=O)CC)c(C)n1CC. The van der Waals surface area contributed by atoms with Gasteiger partial charge < -0.3 is 9.30 Å². The molecule has 0 saturated carbocycles. The van der Waals surface area contributed by atoms with E-state index in [1.165, 1.54) is 4.31 Å². The van der Waals surface area contributed by atoms with Gasteiger partial charge in [0.1, 0.15) is 5.69 Å². The highest BCUT2D eigenvalue weighted by Crippen LogP contribution is 2.24. The summed E-state index contributed by atoms with van der Waals surface area (Å²) in [4.78, 5) is 25.5. The summed E-state index contributed by atoms with van der Waals surface area (Å²) in [6, 6.07) is 0. The number of carbonyl (C=O) groups is 2. The smallest absolute Gasteiger partial charge is 0.355 e. The minimum atomic E-state index is -3.50. The number of ketones is 1. The number of carbonyl (C=O) groups excluding carboxylic acids is 2. The summed E-state index contributed by atoms with van der Waals surface area (Å²) < 4.78 is 33.1. The lowest BCUT2D eigenvalue weighted by molar-refractivity contribution is 0.0512. The second-order valence-electron chi connectivity index (χ2n) is 7.24. The van der Waals surface area contributed by atoms with Gasteiger partial charge in [-0.05, 0) is 52.5 Å². The van der Waals surface area contributed by atoms with E-state index in [1.807, 2.05) is 20.8 Å². The lowest BCUT2D eigenvalue weighted by atomic mass is 10.1. The fourth-order valence-electron chi connectivity index (χ4n) is 3.30. The van der Waals surface area contributed by atoms with Crippen molar-refractivity contribution < 1.29 is 22.7 Å². The number of ether oxygens (including phenoxy) is 1. The van der Waals surface area contributed by atoms with E-state index in [0.29, 0.717) is 47.9 Å². The topological polar surface area (TPSA) is 85.7 Å². The first kappa shape index (κ1) is 24.4. The van der Waals surface area contributed by atoms with Crippen LogP contribution in [0.15, 0.2) is 0 Å². The van der Waals surface area contributed by atoms with Gasteiger partial charge >= 0.3 is 5.97 Å². The molecule has 0 spiro atoms. The Morgan fingerprint density at radius 3 is 2.21 bits per heavy atom. The minimum absolute atomic E-state index is 0.0552.